The van der Waals surface area contributed by atoms with E-state index in [4.69, 9.17) is 9.47 Å². The van der Waals surface area contributed by atoms with Gasteiger partial charge in [-0.25, -0.2) is 0 Å². The number of hydrogen-bond acceptors (Lipinski definition) is 8. The second-order valence-electron chi connectivity index (χ2n) is 9.17. The van der Waals surface area contributed by atoms with E-state index in [9.17, 15) is 29.7 Å². The number of aliphatic hydroxyl groups is 3. The Morgan fingerprint density at radius 1 is 1.09 bits per heavy atom. The molecule has 0 spiro atoms. The molecule has 0 bridgehead atoms. The van der Waals surface area contributed by atoms with Crippen molar-refractivity contribution in [2.45, 2.75) is 77.4 Å². The molecule has 0 radical (unpaired) electrons. The number of carbonyl (C=O) groups excluding carboxylic acids is 3. The molecule has 0 unspecified atom stereocenters. The Labute approximate surface area is 189 Å². The van der Waals surface area contributed by atoms with Gasteiger partial charge in [-0.3, -0.25) is 14.4 Å². The minimum Gasteiger partial charge on any atom is -0.464 e. The summed E-state index contributed by atoms with van der Waals surface area (Å²) in [5, 5.41) is 35.5. The van der Waals surface area contributed by atoms with Crippen LogP contribution in [0.3, 0.4) is 0 Å². The number of hydrogen-bond donors (Lipinski definition) is 5. The Hall–Kier alpha value is -2.01. The van der Waals surface area contributed by atoms with Gasteiger partial charge in [-0.1, -0.05) is 39.3 Å². The lowest BCUT2D eigenvalue weighted by atomic mass is 9.86. The van der Waals surface area contributed by atoms with Gasteiger partial charge in [0.25, 0.3) is 5.91 Å². The molecule has 0 aliphatic heterocycles. The molecule has 0 aromatic carbocycles. The van der Waals surface area contributed by atoms with Crippen LogP contribution in [0.1, 0.15) is 47.0 Å². The number of ether oxygens (including phenoxy) is 2. The molecule has 0 aromatic rings. The SMILES string of the molecule is CO[C@@H](C(=O)N[C@@H](C)C(=O)NCCOC(=O)C1CCC1)[C@H](O)[C@@H](O)[C@H](O)C=CC(C)(C)C. The van der Waals surface area contributed by atoms with Gasteiger partial charge in [0.1, 0.15) is 31.0 Å². The zero-order chi connectivity index (χ0) is 24.5. The van der Waals surface area contributed by atoms with Crippen LogP contribution in [0.5, 0.6) is 0 Å². The summed E-state index contributed by atoms with van der Waals surface area (Å²) in [5.74, 6) is -1.65. The van der Waals surface area contributed by atoms with Crippen molar-refractivity contribution in [3.05, 3.63) is 12.2 Å². The molecule has 1 aliphatic rings. The molecule has 5 N–H and O–H groups in total. The summed E-state index contributed by atoms with van der Waals surface area (Å²) in [6.45, 7) is 7.26. The zero-order valence-electron chi connectivity index (χ0n) is 19.5. The van der Waals surface area contributed by atoms with Crippen LogP contribution >= 0.6 is 0 Å². The number of allylic oxidation sites excluding steroid dienone is 1. The van der Waals surface area contributed by atoms with Crippen molar-refractivity contribution in [1.29, 1.82) is 0 Å². The third-order valence-electron chi connectivity index (χ3n) is 5.15. The molecule has 1 aliphatic carbocycles. The van der Waals surface area contributed by atoms with Crippen LogP contribution in [-0.4, -0.2) is 83.8 Å². The predicted molar refractivity (Wildman–Crippen MR) is 116 cm³/mol. The minimum atomic E-state index is -1.74. The third-order valence-corrected chi connectivity index (χ3v) is 5.15. The minimum absolute atomic E-state index is 0.0350. The summed E-state index contributed by atoms with van der Waals surface area (Å²) >= 11 is 0. The summed E-state index contributed by atoms with van der Waals surface area (Å²) < 4.78 is 10.1. The standard InChI is InChI=1S/C22H38N2O8/c1-13(19(28)23-11-12-32-21(30)14-7-6-8-14)24-20(29)18(31-5)17(27)16(26)15(25)9-10-22(2,3)4/h9-10,13-18,25-27H,6-8,11-12H2,1-5H3,(H,23,28)(H,24,29)/t13-,15+,16-,17+,18+/m0/s1. The highest BCUT2D eigenvalue weighted by atomic mass is 16.5. The molecular formula is C22H38N2O8. The van der Waals surface area contributed by atoms with Gasteiger partial charge >= 0.3 is 5.97 Å². The number of rotatable bonds is 12. The van der Waals surface area contributed by atoms with E-state index in [-0.39, 0.29) is 30.5 Å². The van der Waals surface area contributed by atoms with Gasteiger partial charge in [0.05, 0.1) is 12.5 Å². The molecule has 2 amide bonds. The van der Waals surface area contributed by atoms with Crippen molar-refractivity contribution in [3.63, 3.8) is 0 Å². The Balaban J connectivity index is 2.48. The fraction of sp³-hybridized carbons (Fsp3) is 0.773. The number of methoxy groups -OCH3 is 1. The molecule has 5 atom stereocenters. The molecule has 32 heavy (non-hydrogen) atoms. The molecule has 184 valence electrons. The normalized spacial score (nSPS) is 19.4. The number of carbonyl (C=O) groups is 3. The average Bonchev–Trinajstić information content (AvgIpc) is 2.66. The van der Waals surface area contributed by atoms with Crippen LogP contribution in [-0.2, 0) is 23.9 Å². The van der Waals surface area contributed by atoms with Crippen LogP contribution in [0.15, 0.2) is 12.2 Å². The fourth-order valence-electron chi connectivity index (χ4n) is 2.89. The van der Waals surface area contributed by atoms with Crippen LogP contribution in [0.25, 0.3) is 0 Å². The van der Waals surface area contributed by atoms with E-state index in [0.717, 1.165) is 19.3 Å². The maximum atomic E-state index is 12.5. The van der Waals surface area contributed by atoms with E-state index < -0.39 is 42.3 Å². The Morgan fingerprint density at radius 2 is 1.72 bits per heavy atom. The first-order chi connectivity index (χ1) is 14.9. The van der Waals surface area contributed by atoms with Gasteiger partial charge in [-0.2, -0.15) is 0 Å². The van der Waals surface area contributed by atoms with Gasteiger partial charge in [0.2, 0.25) is 5.91 Å². The molecule has 10 nitrogen and oxygen atoms in total. The molecule has 1 fully saturated rings. The topological polar surface area (TPSA) is 154 Å². The first-order valence-corrected chi connectivity index (χ1v) is 10.9. The second-order valence-corrected chi connectivity index (χ2v) is 9.17. The van der Waals surface area contributed by atoms with E-state index in [1.807, 2.05) is 20.8 Å². The van der Waals surface area contributed by atoms with E-state index in [1.165, 1.54) is 20.1 Å². The van der Waals surface area contributed by atoms with Gasteiger partial charge in [-0.05, 0) is 25.2 Å². The summed E-state index contributed by atoms with van der Waals surface area (Å²) in [5.41, 5.74) is -0.248. The maximum absolute atomic E-state index is 12.5. The number of amides is 2. The van der Waals surface area contributed by atoms with E-state index in [1.54, 1.807) is 6.08 Å². The Kier molecular flexibility index (Phi) is 11.3. The molecule has 1 rings (SSSR count). The molecule has 0 aromatic heterocycles. The van der Waals surface area contributed by atoms with Gasteiger partial charge in [0.15, 0.2) is 6.10 Å². The smallest absolute Gasteiger partial charge is 0.308 e. The first kappa shape index (κ1) is 28.0. The summed E-state index contributed by atoms with van der Waals surface area (Å²) in [4.78, 5) is 36.3. The van der Waals surface area contributed by atoms with Crippen molar-refractivity contribution >= 4 is 17.8 Å². The molecule has 1 saturated carbocycles. The van der Waals surface area contributed by atoms with E-state index in [2.05, 4.69) is 10.6 Å². The fourth-order valence-corrected chi connectivity index (χ4v) is 2.89. The number of esters is 1. The molecule has 10 heteroatoms. The second kappa shape index (κ2) is 12.9. The zero-order valence-corrected chi connectivity index (χ0v) is 19.5. The molecular weight excluding hydrogens is 420 g/mol. The van der Waals surface area contributed by atoms with Gasteiger partial charge < -0.3 is 35.4 Å². The highest BCUT2D eigenvalue weighted by molar-refractivity contribution is 5.89. The summed E-state index contributed by atoms with van der Waals surface area (Å²) in [6.07, 6.45) is -0.649. The lowest BCUT2D eigenvalue weighted by Gasteiger charge is -2.28. The monoisotopic (exact) mass is 458 g/mol. The van der Waals surface area contributed by atoms with Crippen LogP contribution in [0.4, 0.5) is 0 Å². The lowest BCUT2D eigenvalue weighted by Crippen LogP contribution is -2.55. The molecule has 0 heterocycles. The van der Waals surface area contributed by atoms with E-state index >= 15 is 0 Å². The van der Waals surface area contributed by atoms with Crippen molar-refractivity contribution in [1.82, 2.24) is 10.6 Å². The van der Waals surface area contributed by atoms with Gasteiger partial charge in [0, 0.05) is 7.11 Å². The summed E-state index contributed by atoms with van der Waals surface area (Å²) in [6, 6.07) is -0.975. The Bertz CT molecular complexity index is 657. The maximum Gasteiger partial charge on any atom is 0.308 e. The largest absolute Gasteiger partial charge is 0.464 e. The quantitative estimate of drug-likeness (QED) is 0.151. The lowest BCUT2D eigenvalue weighted by molar-refractivity contribution is -0.151. The molecule has 0 saturated heterocycles. The number of nitrogens with one attached hydrogen (secondary N) is 2. The highest BCUT2D eigenvalue weighted by Gasteiger charge is 2.36. The van der Waals surface area contributed by atoms with Gasteiger partial charge in [-0.15, -0.1) is 0 Å². The van der Waals surface area contributed by atoms with Crippen LogP contribution < -0.4 is 10.6 Å². The predicted octanol–water partition coefficient (Wildman–Crippen LogP) is -0.349. The van der Waals surface area contributed by atoms with Crippen molar-refractivity contribution in [3.8, 4) is 0 Å². The summed E-state index contributed by atoms with van der Waals surface area (Å²) in [7, 11) is 1.17. The first-order valence-electron chi connectivity index (χ1n) is 10.9. The van der Waals surface area contributed by atoms with Crippen molar-refractivity contribution in [2.75, 3.05) is 20.3 Å². The van der Waals surface area contributed by atoms with Crippen LogP contribution in [0, 0.1) is 11.3 Å². The third kappa shape index (κ3) is 9.23. The Morgan fingerprint density at radius 3 is 2.22 bits per heavy atom. The average molecular weight is 459 g/mol. The van der Waals surface area contributed by atoms with E-state index in [0.29, 0.717) is 0 Å². The van der Waals surface area contributed by atoms with Crippen LogP contribution in [0.2, 0.25) is 0 Å². The number of aliphatic hydroxyl groups excluding tert-OH is 3. The van der Waals surface area contributed by atoms with Crippen molar-refractivity contribution in [2.24, 2.45) is 11.3 Å². The highest BCUT2D eigenvalue weighted by Crippen LogP contribution is 2.27. The van der Waals surface area contributed by atoms with Crippen molar-refractivity contribution < 1.29 is 39.2 Å².